The molecule has 214 valence electrons. The van der Waals surface area contributed by atoms with E-state index in [2.05, 4.69) is 5.32 Å². The molecule has 0 spiro atoms. The van der Waals surface area contributed by atoms with Crippen LogP contribution in [-0.2, 0) is 32.6 Å². The van der Waals surface area contributed by atoms with Crippen LogP contribution >= 0.6 is 0 Å². The molecule has 0 radical (unpaired) electrons. The average Bonchev–Trinajstić information content (AvgIpc) is 2.93. The Morgan fingerprint density at radius 3 is 1.93 bits per heavy atom. The zero-order valence-corrected chi connectivity index (χ0v) is 24.9. The Morgan fingerprint density at radius 2 is 1.38 bits per heavy atom. The quantitative estimate of drug-likeness (QED) is 0.312. The largest absolute Gasteiger partial charge is 0.352 e. The van der Waals surface area contributed by atoms with E-state index in [0.29, 0.717) is 12.1 Å². The second kappa shape index (κ2) is 14.1. The van der Waals surface area contributed by atoms with E-state index >= 15 is 0 Å². The zero-order valence-electron chi connectivity index (χ0n) is 24.1. The number of hydrogen-bond acceptors (Lipinski definition) is 4. The van der Waals surface area contributed by atoms with Crippen molar-refractivity contribution in [2.75, 3.05) is 17.1 Å². The van der Waals surface area contributed by atoms with Gasteiger partial charge in [0, 0.05) is 19.0 Å². The summed E-state index contributed by atoms with van der Waals surface area (Å²) in [5.41, 5.74) is 3.05. The molecule has 0 unspecified atom stereocenters. The maximum Gasteiger partial charge on any atom is 0.244 e. The van der Waals surface area contributed by atoms with Crippen LogP contribution in [-0.4, -0.2) is 50.0 Å². The number of nitrogens with one attached hydrogen (secondary N) is 1. The van der Waals surface area contributed by atoms with Crippen molar-refractivity contribution in [3.63, 3.8) is 0 Å². The summed E-state index contributed by atoms with van der Waals surface area (Å²) in [5.74, 6) is -0.674. The molecule has 7 nitrogen and oxygen atoms in total. The van der Waals surface area contributed by atoms with E-state index in [1.165, 1.54) is 4.90 Å². The molecule has 0 aliphatic heterocycles. The fraction of sp³-hybridized carbons (Fsp3) is 0.375. The Morgan fingerprint density at radius 1 is 0.825 bits per heavy atom. The van der Waals surface area contributed by atoms with Crippen molar-refractivity contribution in [2.45, 2.75) is 65.1 Å². The predicted molar refractivity (Wildman–Crippen MR) is 162 cm³/mol. The Hall–Kier alpha value is -3.65. The van der Waals surface area contributed by atoms with Crippen molar-refractivity contribution in [3.05, 3.63) is 102 Å². The lowest BCUT2D eigenvalue weighted by Crippen LogP contribution is -2.54. The number of amides is 2. The second-order valence-electron chi connectivity index (χ2n) is 10.5. The molecule has 0 aliphatic carbocycles. The minimum Gasteiger partial charge on any atom is -0.352 e. The highest BCUT2D eigenvalue weighted by atomic mass is 32.2. The van der Waals surface area contributed by atoms with Gasteiger partial charge in [-0.3, -0.25) is 13.9 Å². The van der Waals surface area contributed by atoms with Crippen molar-refractivity contribution in [2.24, 2.45) is 0 Å². The van der Waals surface area contributed by atoms with E-state index in [1.54, 1.807) is 12.1 Å². The lowest BCUT2D eigenvalue weighted by molar-refractivity contribution is -0.140. The molecule has 40 heavy (non-hydrogen) atoms. The third-order valence-corrected chi connectivity index (χ3v) is 8.10. The zero-order chi connectivity index (χ0) is 29.3. The van der Waals surface area contributed by atoms with Gasteiger partial charge in [-0.1, -0.05) is 99.6 Å². The minimum atomic E-state index is -3.82. The fourth-order valence-electron chi connectivity index (χ4n) is 4.57. The van der Waals surface area contributed by atoms with Gasteiger partial charge < -0.3 is 10.2 Å². The van der Waals surface area contributed by atoms with Crippen molar-refractivity contribution < 1.29 is 18.0 Å². The summed E-state index contributed by atoms with van der Waals surface area (Å²) in [6.07, 6.45) is 2.14. The first-order valence-corrected chi connectivity index (χ1v) is 15.6. The molecule has 0 saturated carbocycles. The predicted octanol–water partition coefficient (Wildman–Crippen LogP) is 5.13. The fourth-order valence-corrected chi connectivity index (χ4v) is 5.44. The Kier molecular flexibility index (Phi) is 10.9. The number of sulfonamides is 1. The van der Waals surface area contributed by atoms with Gasteiger partial charge in [-0.15, -0.1) is 0 Å². The molecule has 0 aromatic heterocycles. The van der Waals surface area contributed by atoms with Gasteiger partial charge in [0.15, 0.2) is 0 Å². The minimum absolute atomic E-state index is 0.0445. The number of anilines is 1. The molecule has 1 N–H and O–H groups in total. The van der Waals surface area contributed by atoms with Crippen LogP contribution < -0.4 is 9.62 Å². The summed E-state index contributed by atoms with van der Waals surface area (Å²) in [4.78, 5) is 29.4. The SMILES string of the molecule is CC[C@H](C)NC(=O)[C@@H](Cc1ccccc1)N(Cc1ccccc1)C(=O)CN(c1ccccc1C(C)C)S(C)(=O)=O. The first kappa shape index (κ1) is 30.9. The monoisotopic (exact) mass is 563 g/mol. The van der Waals surface area contributed by atoms with Crippen LogP contribution in [0.3, 0.4) is 0 Å². The topological polar surface area (TPSA) is 86.8 Å². The highest BCUT2D eigenvalue weighted by Crippen LogP contribution is 2.29. The lowest BCUT2D eigenvalue weighted by Gasteiger charge is -2.34. The van der Waals surface area contributed by atoms with Gasteiger partial charge in [0.05, 0.1) is 11.9 Å². The van der Waals surface area contributed by atoms with Crippen molar-refractivity contribution in [1.82, 2.24) is 10.2 Å². The third kappa shape index (κ3) is 8.42. The smallest absolute Gasteiger partial charge is 0.244 e. The highest BCUT2D eigenvalue weighted by molar-refractivity contribution is 7.92. The molecule has 3 aromatic carbocycles. The van der Waals surface area contributed by atoms with E-state index in [9.17, 15) is 18.0 Å². The van der Waals surface area contributed by atoms with E-state index in [4.69, 9.17) is 0 Å². The molecule has 0 bridgehead atoms. The average molecular weight is 564 g/mol. The number of hydrogen-bond donors (Lipinski definition) is 1. The number of benzene rings is 3. The standard InChI is InChI=1S/C32H41N3O4S/c1-6-25(4)33-32(37)30(21-26-15-9-7-10-16-26)34(22-27-17-11-8-12-18-27)31(36)23-35(40(5,38)39)29-20-14-13-19-28(29)24(2)3/h7-20,24-25,30H,6,21-23H2,1-5H3,(H,33,37)/t25-,30+/m0/s1. The summed E-state index contributed by atoms with van der Waals surface area (Å²) in [6.45, 7) is 7.62. The molecule has 0 fully saturated rings. The maximum atomic E-state index is 14.2. The van der Waals surface area contributed by atoms with Crippen LogP contribution in [0.15, 0.2) is 84.9 Å². The molecule has 0 saturated heterocycles. The molecule has 0 aliphatic rings. The van der Waals surface area contributed by atoms with Gasteiger partial charge >= 0.3 is 0 Å². The molecule has 3 aromatic rings. The number of nitrogens with zero attached hydrogens (tertiary/aromatic N) is 2. The first-order valence-electron chi connectivity index (χ1n) is 13.8. The summed E-state index contributed by atoms with van der Waals surface area (Å²) in [6, 6.07) is 25.3. The van der Waals surface area contributed by atoms with Crippen molar-refractivity contribution >= 4 is 27.5 Å². The molecular formula is C32H41N3O4S. The molecule has 2 atom stereocenters. The summed E-state index contributed by atoms with van der Waals surface area (Å²) >= 11 is 0. The lowest BCUT2D eigenvalue weighted by atomic mass is 10.0. The number of carbonyl (C=O) groups is 2. The van der Waals surface area contributed by atoms with Crippen LogP contribution in [0.2, 0.25) is 0 Å². The highest BCUT2D eigenvalue weighted by Gasteiger charge is 2.34. The first-order chi connectivity index (χ1) is 19.0. The van der Waals surface area contributed by atoms with Crippen LogP contribution in [0.4, 0.5) is 5.69 Å². The Labute approximate surface area is 239 Å². The van der Waals surface area contributed by atoms with Crippen LogP contribution in [0.25, 0.3) is 0 Å². The van der Waals surface area contributed by atoms with Gasteiger partial charge in [-0.05, 0) is 42.0 Å². The normalized spacial score (nSPS) is 12.9. The van der Waals surface area contributed by atoms with Crippen molar-refractivity contribution in [3.8, 4) is 0 Å². The summed E-state index contributed by atoms with van der Waals surface area (Å²) in [5, 5.41) is 3.05. The van der Waals surface area contributed by atoms with Gasteiger partial charge in [-0.2, -0.15) is 0 Å². The molecule has 3 rings (SSSR count). The van der Waals surface area contributed by atoms with Gasteiger partial charge in [0.2, 0.25) is 21.8 Å². The molecular weight excluding hydrogens is 522 g/mol. The van der Waals surface area contributed by atoms with E-state index in [1.807, 2.05) is 100 Å². The van der Waals surface area contributed by atoms with Gasteiger partial charge in [0.25, 0.3) is 0 Å². The Bertz CT molecular complexity index is 1360. The van der Waals surface area contributed by atoms with Gasteiger partial charge in [0.1, 0.15) is 12.6 Å². The maximum absolute atomic E-state index is 14.2. The van der Waals surface area contributed by atoms with E-state index < -0.39 is 28.5 Å². The van der Waals surface area contributed by atoms with E-state index in [0.717, 1.165) is 33.7 Å². The summed E-state index contributed by atoms with van der Waals surface area (Å²) < 4.78 is 27.3. The number of carbonyl (C=O) groups excluding carboxylic acids is 2. The number of rotatable bonds is 13. The number of para-hydroxylation sites is 1. The third-order valence-electron chi connectivity index (χ3n) is 6.97. The van der Waals surface area contributed by atoms with Crippen LogP contribution in [0, 0.1) is 0 Å². The van der Waals surface area contributed by atoms with E-state index in [-0.39, 0.29) is 24.4 Å². The van der Waals surface area contributed by atoms with Gasteiger partial charge in [-0.25, -0.2) is 8.42 Å². The van der Waals surface area contributed by atoms with Crippen molar-refractivity contribution in [1.29, 1.82) is 0 Å². The molecule has 8 heteroatoms. The molecule has 0 heterocycles. The Balaban J connectivity index is 2.08. The molecule has 2 amide bonds. The summed E-state index contributed by atoms with van der Waals surface area (Å²) in [7, 11) is -3.82. The second-order valence-corrected chi connectivity index (χ2v) is 12.4. The van der Waals surface area contributed by atoms with Crippen LogP contribution in [0.1, 0.15) is 56.7 Å². The van der Waals surface area contributed by atoms with Crippen LogP contribution in [0.5, 0.6) is 0 Å².